The maximum atomic E-state index is 14.0. The number of anilines is 1. The predicted octanol–water partition coefficient (Wildman–Crippen LogP) is 5.45. The van der Waals surface area contributed by atoms with Gasteiger partial charge in [0.05, 0.1) is 33.7 Å². The largest absolute Gasteiger partial charge is 0.444 e. The standard InChI is InChI=1S/C28H33ClN6O4S/c1-18-6-8-21(9-7-18)40(37,38)35-24(19-15-31-33(5)17-19)14-22-25(23(29)16-30-26(22)35)32-20-10-12-34(13-11-20)27(36)39-28(2,3)4/h6-9,14-17,20H,10-13H2,1-5H3,(H,30,32). The van der Waals surface area contributed by atoms with Crippen LogP contribution >= 0.6 is 11.6 Å². The normalized spacial score (nSPS) is 15.0. The first kappa shape index (κ1) is 28.0. The van der Waals surface area contributed by atoms with E-state index < -0.39 is 15.6 Å². The fraction of sp³-hybridized carbons (Fsp3) is 0.393. The summed E-state index contributed by atoms with van der Waals surface area (Å²) in [6.07, 6.45) is 5.88. The van der Waals surface area contributed by atoms with Crippen LogP contribution in [0.5, 0.6) is 0 Å². The smallest absolute Gasteiger partial charge is 0.410 e. The number of pyridine rings is 1. The van der Waals surface area contributed by atoms with Crippen molar-refractivity contribution < 1.29 is 17.9 Å². The zero-order valence-corrected chi connectivity index (χ0v) is 24.8. The van der Waals surface area contributed by atoms with Crippen molar-refractivity contribution in [3.8, 4) is 11.3 Å². The molecule has 4 heterocycles. The molecule has 0 atom stereocenters. The van der Waals surface area contributed by atoms with Gasteiger partial charge in [-0.1, -0.05) is 29.3 Å². The number of nitrogens with one attached hydrogen (secondary N) is 1. The zero-order chi connectivity index (χ0) is 28.8. The summed E-state index contributed by atoms with van der Waals surface area (Å²) in [5, 5.41) is 8.73. The Morgan fingerprint density at radius 1 is 1.12 bits per heavy atom. The van der Waals surface area contributed by atoms with Gasteiger partial charge in [0.2, 0.25) is 0 Å². The topological polar surface area (TPSA) is 111 Å². The van der Waals surface area contributed by atoms with Crippen LogP contribution in [-0.4, -0.2) is 62.9 Å². The lowest BCUT2D eigenvalue weighted by Gasteiger charge is -2.34. The van der Waals surface area contributed by atoms with E-state index in [-0.39, 0.29) is 22.7 Å². The van der Waals surface area contributed by atoms with Crippen LogP contribution in [0.25, 0.3) is 22.3 Å². The number of halogens is 1. The Labute approximate surface area is 238 Å². The molecule has 1 fully saturated rings. The van der Waals surface area contributed by atoms with E-state index in [9.17, 15) is 13.2 Å². The summed E-state index contributed by atoms with van der Waals surface area (Å²) >= 11 is 6.65. The van der Waals surface area contributed by atoms with Crippen molar-refractivity contribution in [1.29, 1.82) is 0 Å². The fourth-order valence-electron chi connectivity index (χ4n) is 4.80. The molecule has 1 amide bonds. The monoisotopic (exact) mass is 584 g/mol. The predicted molar refractivity (Wildman–Crippen MR) is 155 cm³/mol. The summed E-state index contributed by atoms with van der Waals surface area (Å²) in [6, 6.07) is 8.52. The SMILES string of the molecule is Cc1ccc(S(=O)(=O)n2c(-c3cnn(C)c3)cc3c(NC4CCN(C(=O)OC(C)(C)C)CC4)c(Cl)cnc32)cc1. The van der Waals surface area contributed by atoms with Gasteiger partial charge >= 0.3 is 6.09 Å². The maximum Gasteiger partial charge on any atom is 0.410 e. The molecule has 12 heteroatoms. The van der Waals surface area contributed by atoms with Crippen LogP contribution in [0.3, 0.4) is 0 Å². The van der Waals surface area contributed by atoms with E-state index in [2.05, 4.69) is 15.4 Å². The van der Waals surface area contributed by atoms with E-state index in [0.29, 0.717) is 53.3 Å². The number of carbonyl (C=O) groups is 1. The van der Waals surface area contributed by atoms with Crippen LogP contribution in [0.15, 0.2) is 53.8 Å². The molecule has 0 saturated carbocycles. The zero-order valence-electron chi connectivity index (χ0n) is 23.2. The Kier molecular flexibility index (Phi) is 7.30. The van der Waals surface area contributed by atoms with E-state index in [4.69, 9.17) is 16.3 Å². The van der Waals surface area contributed by atoms with Crippen LogP contribution < -0.4 is 5.32 Å². The van der Waals surface area contributed by atoms with Gasteiger partial charge in [-0.2, -0.15) is 5.10 Å². The minimum absolute atomic E-state index is 0.0145. The molecule has 3 aromatic heterocycles. The minimum atomic E-state index is -4.01. The van der Waals surface area contributed by atoms with E-state index in [1.54, 1.807) is 59.4 Å². The summed E-state index contributed by atoms with van der Waals surface area (Å²) in [5.74, 6) is 0. The first-order valence-corrected chi connectivity index (χ1v) is 14.9. The highest BCUT2D eigenvalue weighted by Gasteiger charge is 2.30. The van der Waals surface area contributed by atoms with Crippen LogP contribution in [-0.2, 0) is 21.8 Å². The first-order chi connectivity index (χ1) is 18.8. The molecule has 5 rings (SSSR count). The highest BCUT2D eigenvalue weighted by Crippen LogP contribution is 2.38. The third kappa shape index (κ3) is 5.53. The second-order valence-corrected chi connectivity index (χ2v) is 13.3. The van der Waals surface area contributed by atoms with Gasteiger partial charge in [0.1, 0.15) is 5.60 Å². The van der Waals surface area contributed by atoms with Gasteiger partial charge in [0.15, 0.2) is 5.65 Å². The van der Waals surface area contributed by atoms with Gasteiger partial charge in [-0.05, 0) is 58.7 Å². The molecular formula is C28H33ClN6O4S. The quantitative estimate of drug-likeness (QED) is 0.332. The number of fused-ring (bicyclic) bond motifs is 1. The third-order valence-corrected chi connectivity index (χ3v) is 8.80. The molecule has 40 heavy (non-hydrogen) atoms. The van der Waals surface area contributed by atoms with Gasteiger partial charge in [-0.25, -0.2) is 22.2 Å². The molecule has 0 aliphatic carbocycles. The number of rotatable bonds is 5. The number of benzene rings is 1. The molecule has 10 nitrogen and oxygen atoms in total. The van der Waals surface area contributed by atoms with Crippen LogP contribution in [0.4, 0.5) is 10.5 Å². The molecule has 0 spiro atoms. The molecule has 212 valence electrons. The third-order valence-electron chi connectivity index (χ3n) is 6.80. The van der Waals surface area contributed by atoms with Crippen molar-refractivity contribution in [3.63, 3.8) is 0 Å². The van der Waals surface area contributed by atoms with E-state index in [1.165, 1.54) is 10.2 Å². The van der Waals surface area contributed by atoms with E-state index in [1.807, 2.05) is 27.7 Å². The molecule has 0 bridgehead atoms. The first-order valence-electron chi connectivity index (χ1n) is 13.1. The van der Waals surface area contributed by atoms with Crippen molar-refractivity contribution in [1.82, 2.24) is 23.6 Å². The molecular weight excluding hydrogens is 552 g/mol. The van der Waals surface area contributed by atoms with E-state index in [0.717, 1.165) is 5.56 Å². The van der Waals surface area contributed by atoms with Gasteiger partial charge in [-0.3, -0.25) is 4.68 Å². The maximum absolute atomic E-state index is 14.0. The molecule has 1 aromatic carbocycles. The summed E-state index contributed by atoms with van der Waals surface area (Å²) in [5.41, 5.74) is 2.33. The fourth-order valence-corrected chi connectivity index (χ4v) is 6.48. The number of amides is 1. The van der Waals surface area contributed by atoms with Crippen molar-refractivity contribution in [2.75, 3.05) is 18.4 Å². The number of hydrogen-bond acceptors (Lipinski definition) is 7. The van der Waals surface area contributed by atoms with Gasteiger partial charge < -0.3 is 15.0 Å². The number of ether oxygens (including phenoxy) is 1. The molecule has 4 aromatic rings. The lowest BCUT2D eigenvalue weighted by Crippen LogP contribution is -2.44. The number of carbonyl (C=O) groups excluding carboxylic acids is 1. The minimum Gasteiger partial charge on any atom is -0.444 e. The molecule has 1 N–H and O–H groups in total. The molecule has 1 aliphatic rings. The molecule has 1 saturated heterocycles. The van der Waals surface area contributed by atoms with Gasteiger partial charge in [0, 0.05) is 43.3 Å². The van der Waals surface area contributed by atoms with Crippen molar-refractivity contribution in [2.24, 2.45) is 7.05 Å². The number of aryl methyl sites for hydroxylation is 2. The summed E-state index contributed by atoms with van der Waals surface area (Å²) in [4.78, 5) is 18.8. The molecule has 0 radical (unpaired) electrons. The summed E-state index contributed by atoms with van der Waals surface area (Å²) < 4.78 is 36.4. The van der Waals surface area contributed by atoms with Gasteiger partial charge in [-0.15, -0.1) is 0 Å². The Morgan fingerprint density at radius 2 is 1.80 bits per heavy atom. The molecule has 0 unspecified atom stereocenters. The number of hydrogen-bond donors (Lipinski definition) is 1. The lowest BCUT2D eigenvalue weighted by atomic mass is 10.0. The van der Waals surface area contributed by atoms with Crippen LogP contribution in [0, 0.1) is 6.92 Å². The van der Waals surface area contributed by atoms with Gasteiger partial charge in [0.25, 0.3) is 10.0 Å². The van der Waals surface area contributed by atoms with Crippen molar-refractivity contribution >= 4 is 44.4 Å². The average molecular weight is 585 g/mol. The van der Waals surface area contributed by atoms with Crippen LogP contribution in [0.2, 0.25) is 5.02 Å². The second kappa shape index (κ2) is 10.4. The molecule has 1 aliphatic heterocycles. The number of piperidine rings is 1. The Bertz CT molecular complexity index is 1660. The highest BCUT2D eigenvalue weighted by molar-refractivity contribution is 7.90. The number of nitrogens with zero attached hydrogens (tertiary/aromatic N) is 5. The van der Waals surface area contributed by atoms with Crippen molar-refractivity contribution in [3.05, 3.63) is 59.5 Å². The Hall–Kier alpha value is -3.57. The second-order valence-electron chi connectivity index (χ2n) is 11.1. The van der Waals surface area contributed by atoms with E-state index >= 15 is 0 Å². The van der Waals surface area contributed by atoms with Crippen LogP contribution in [0.1, 0.15) is 39.2 Å². The lowest BCUT2D eigenvalue weighted by molar-refractivity contribution is 0.0210. The van der Waals surface area contributed by atoms with Crippen molar-refractivity contribution in [2.45, 2.75) is 57.1 Å². The Balaban J connectivity index is 1.53. The number of likely N-dealkylation sites (tertiary alicyclic amines) is 1. The highest BCUT2D eigenvalue weighted by atomic mass is 35.5. The summed E-state index contributed by atoms with van der Waals surface area (Å²) in [6.45, 7) is 8.51. The summed E-state index contributed by atoms with van der Waals surface area (Å²) in [7, 11) is -2.24. The average Bonchev–Trinajstić information content (AvgIpc) is 3.49. The number of aromatic nitrogens is 4. The Morgan fingerprint density at radius 3 is 2.40 bits per heavy atom.